The van der Waals surface area contributed by atoms with Crippen LogP contribution in [0.2, 0.25) is 0 Å². The van der Waals surface area contributed by atoms with Crippen LogP contribution < -0.4 is 15.8 Å². The number of aryl methyl sites for hydroxylation is 1. The molecular formula is C24H30N4O2. The topological polar surface area (TPSA) is 67.2 Å². The molecule has 0 spiro atoms. The molecule has 0 unspecified atom stereocenters. The molecule has 30 heavy (non-hydrogen) atoms. The lowest BCUT2D eigenvalue weighted by Gasteiger charge is -2.21. The zero-order chi connectivity index (χ0) is 21.5. The first-order valence-corrected chi connectivity index (χ1v) is 10.7. The van der Waals surface area contributed by atoms with E-state index in [-0.39, 0.29) is 17.2 Å². The van der Waals surface area contributed by atoms with Gasteiger partial charge >= 0.3 is 0 Å². The summed E-state index contributed by atoms with van der Waals surface area (Å²) in [7, 11) is 0. The molecule has 0 radical (unpaired) electrons. The molecule has 3 rings (SSSR count). The molecule has 2 aromatic carbocycles. The van der Waals surface area contributed by atoms with E-state index in [0.717, 1.165) is 38.0 Å². The molecule has 6 heteroatoms. The van der Waals surface area contributed by atoms with E-state index in [1.807, 2.05) is 36.4 Å². The molecule has 1 N–H and O–H groups in total. The monoisotopic (exact) mass is 406 g/mol. The van der Waals surface area contributed by atoms with E-state index in [2.05, 4.69) is 36.1 Å². The van der Waals surface area contributed by atoms with Gasteiger partial charge in [0.05, 0.1) is 5.39 Å². The van der Waals surface area contributed by atoms with Gasteiger partial charge in [-0.25, -0.2) is 4.68 Å². The fourth-order valence-corrected chi connectivity index (χ4v) is 3.60. The Morgan fingerprint density at radius 3 is 2.27 bits per heavy atom. The van der Waals surface area contributed by atoms with E-state index < -0.39 is 0 Å². The van der Waals surface area contributed by atoms with Crippen LogP contribution in [-0.4, -0.2) is 28.8 Å². The van der Waals surface area contributed by atoms with Gasteiger partial charge in [-0.15, -0.1) is 0 Å². The summed E-state index contributed by atoms with van der Waals surface area (Å²) in [6, 6.07) is 15.0. The first kappa shape index (κ1) is 21.6. The summed E-state index contributed by atoms with van der Waals surface area (Å²) in [4.78, 5) is 28.1. The van der Waals surface area contributed by atoms with Crippen molar-refractivity contribution < 1.29 is 4.79 Å². The maximum atomic E-state index is 13.1. The van der Waals surface area contributed by atoms with Crippen molar-refractivity contribution in [2.45, 2.75) is 46.6 Å². The number of hydrogen-bond acceptors (Lipinski definition) is 4. The lowest BCUT2D eigenvalue weighted by molar-refractivity contribution is 0.102. The van der Waals surface area contributed by atoms with Gasteiger partial charge in [-0.1, -0.05) is 38.0 Å². The zero-order valence-electron chi connectivity index (χ0n) is 18.0. The van der Waals surface area contributed by atoms with E-state index in [1.165, 1.54) is 4.68 Å². The van der Waals surface area contributed by atoms with Crippen molar-refractivity contribution in [3.05, 3.63) is 64.6 Å². The Bertz CT molecular complexity index is 1050. The fraction of sp³-hybridized carbons (Fsp3) is 0.375. The Hall–Kier alpha value is -3.15. The van der Waals surface area contributed by atoms with Crippen LogP contribution >= 0.6 is 0 Å². The number of carbonyl (C=O) groups is 1. The van der Waals surface area contributed by atoms with Crippen LogP contribution in [0.15, 0.2) is 53.3 Å². The molecule has 0 saturated carbocycles. The van der Waals surface area contributed by atoms with Crippen molar-refractivity contribution in [1.29, 1.82) is 0 Å². The number of benzene rings is 2. The van der Waals surface area contributed by atoms with Crippen molar-refractivity contribution in [1.82, 2.24) is 9.78 Å². The summed E-state index contributed by atoms with van der Waals surface area (Å²) in [6.07, 6.45) is 2.93. The Balaban J connectivity index is 1.90. The Kier molecular flexibility index (Phi) is 7.22. The highest BCUT2D eigenvalue weighted by Gasteiger charge is 2.17. The summed E-state index contributed by atoms with van der Waals surface area (Å²) in [5.41, 5.74) is 1.94. The van der Waals surface area contributed by atoms with Crippen molar-refractivity contribution in [3.63, 3.8) is 0 Å². The molecule has 0 aliphatic heterocycles. The average Bonchev–Trinajstić information content (AvgIpc) is 2.77. The highest BCUT2D eigenvalue weighted by molar-refractivity contribution is 6.11. The largest absolute Gasteiger partial charge is 0.372 e. The summed E-state index contributed by atoms with van der Waals surface area (Å²) < 4.78 is 1.43. The molecule has 1 heterocycles. The lowest BCUT2D eigenvalue weighted by Crippen LogP contribution is -2.27. The molecule has 0 atom stereocenters. The first-order valence-electron chi connectivity index (χ1n) is 10.7. The van der Waals surface area contributed by atoms with Crippen molar-refractivity contribution >= 4 is 28.1 Å². The number of unbranched alkanes of at least 4 members (excludes halogenated alkanes) is 2. The number of amides is 1. The van der Waals surface area contributed by atoms with Gasteiger partial charge < -0.3 is 10.2 Å². The zero-order valence-corrected chi connectivity index (χ0v) is 18.0. The van der Waals surface area contributed by atoms with Crippen molar-refractivity contribution in [2.75, 3.05) is 23.3 Å². The van der Waals surface area contributed by atoms with E-state index in [0.29, 0.717) is 23.0 Å². The SMILES string of the molecule is CCCCCn1nc(C(=O)Nc2ccc(N(CC)CC)cc2)c2ccccc2c1=O. The van der Waals surface area contributed by atoms with Crippen LogP contribution in [0.25, 0.3) is 10.8 Å². The number of carbonyl (C=O) groups excluding carboxylic acids is 1. The molecule has 0 bridgehead atoms. The van der Waals surface area contributed by atoms with Gasteiger partial charge in [0.2, 0.25) is 0 Å². The minimum absolute atomic E-state index is 0.151. The Morgan fingerprint density at radius 1 is 0.967 bits per heavy atom. The van der Waals surface area contributed by atoms with Gasteiger partial charge in [0.15, 0.2) is 5.69 Å². The maximum absolute atomic E-state index is 13.1. The van der Waals surface area contributed by atoms with Crippen molar-refractivity contribution in [3.8, 4) is 0 Å². The van der Waals surface area contributed by atoms with Gasteiger partial charge in [0.25, 0.3) is 11.5 Å². The predicted octanol–water partition coefficient (Wildman–Crippen LogP) is 4.69. The fourth-order valence-electron chi connectivity index (χ4n) is 3.60. The molecule has 6 nitrogen and oxygen atoms in total. The Morgan fingerprint density at radius 2 is 1.63 bits per heavy atom. The van der Waals surface area contributed by atoms with Gasteiger partial charge in [-0.2, -0.15) is 5.10 Å². The van der Waals surface area contributed by atoms with E-state index in [9.17, 15) is 9.59 Å². The number of nitrogens with zero attached hydrogens (tertiary/aromatic N) is 3. The van der Waals surface area contributed by atoms with E-state index in [1.54, 1.807) is 12.1 Å². The molecule has 1 amide bonds. The highest BCUT2D eigenvalue weighted by atomic mass is 16.2. The van der Waals surface area contributed by atoms with Crippen LogP contribution in [0, 0.1) is 0 Å². The average molecular weight is 407 g/mol. The third-order valence-electron chi connectivity index (χ3n) is 5.31. The lowest BCUT2D eigenvalue weighted by atomic mass is 10.1. The first-order chi connectivity index (χ1) is 14.6. The Labute approximate surface area is 177 Å². The molecule has 1 aromatic heterocycles. The van der Waals surface area contributed by atoms with Crippen molar-refractivity contribution in [2.24, 2.45) is 0 Å². The number of nitrogens with one attached hydrogen (secondary N) is 1. The minimum atomic E-state index is -0.314. The number of fused-ring (bicyclic) bond motifs is 1. The normalized spacial score (nSPS) is 10.9. The van der Waals surface area contributed by atoms with Gasteiger partial charge in [-0.3, -0.25) is 9.59 Å². The smallest absolute Gasteiger partial charge is 0.276 e. The molecule has 0 aliphatic carbocycles. The molecule has 0 aliphatic rings. The standard InChI is InChI=1S/C24H30N4O2/c1-4-7-10-17-28-24(30)21-12-9-8-11-20(21)22(26-28)23(29)25-18-13-15-19(16-14-18)27(5-2)6-3/h8-9,11-16H,4-7,10,17H2,1-3H3,(H,25,29). The summed E-state index contributed by atoms with van der Waals surface area (Å²) in [5, 5.41) is 8.45. The van der Waals surface area contributed by atoms with E-state index >= 15 is 0 Å². The molecular weight excluding hydrogens is 376 g/mol. The van der Waals surface area contributed by atoms with Crippen LogP contribution in [0.1, 0.15) is 50.5 Å². The summed E-state index contributed by atoms with van der Waals surface area (Å²) >= 11 is 0. The minimum Gasteiger partial charge on any atom is -0.372 e. The van der Waals surface area contributed by atoms with Gasteiger partial charge in [0.1, 0.15) is 0 Å². The van der Waals surface area contributed by atoms with Gasteiger partial charge in [0, 0.05) is 36.4 Å². The molecule has 3 aromatic rings. The van der Waals surface area contributed by atoms with Gasteiger partial charge in [-0.05, 0) is 50.6 Å². The summed E-state index contributed by atoms with van der Waals surface area (Å²) in [5.74, 6) is -0.314. The number of rotatable bonds is 9. The second-order valence-corrected chi connectivity index (χ2v) is 7.30. The predicted molar refractivity (Wildman–Crippen MR) is 123 cm³/mol. The molecule has 158 valence electrons. The highest BCUT2D eigenvalue weighted by Crippen LogP contribution is 2.20. The van der Waals surface area contributed by atoms with Crippen LogP contribution in [0.3, 0.4) is 0 Å². The summed E-state index contributed by atoms with van der Waals surface area (Å²) in [6.45, 7) is 8.71. The second-order valence-electron chi connectivity index (χ2n) is 7.30. The third-order valence-corrected chi connectivity index (χ3v) is 5.31. The quantitative estimate of drug-likeness (QED) is 0.524. The maximum Gasteiger partial charge on any atom is 0.276 e. The molecule has 0 saturated heterocycles. The van der Waals surface area contributed by atoms with E-state index in [4.69, 9.17) is 0 Å². The number of anilines is 2. The number of aromatic nitrogens is 2. The second kappa shape index (κ2) is 10.1. The third kappa shape index (κ3) is 4.70. The van der Waals surface area contributed by atoms with Crippen LogP contribution in [0.5, 0.6) is 0 Å². The number of hydrogen-bond donors (Lipinski definition) is 1. The molecule has 0 fully saturated rings. The van der Waals surface area contributed by atoms with Crippen LogP contribution in [0.4, 0.5) is 11.4 Å². The van der Waals surface area contributed by atoms with Crippen LogP contribution in [-0.2, 0) is 6.54 Å².